The Bertz CT molecular complexity index is 985. The topological polar surface area (TPSA) is 55.9 Å². The fourth-order valence-electron chi connectivity index (χ4n) is 2.96. The highest BCUT2D eigenvalue weighted by molar-refractivity contribution is 5.92. The van der Waals surface area contributed by atoms with Crippen LogP contribution in [0.2, 0.25) is 0 Å². The molecule has 0 saturated carbocycles. The molecule has 0 saturated heterocycles. The second-order valence-corrected chi connectivity index (χ2v) is 5.82. The van der Waals surface area contributed by atoms with Crippen LogP contribution in [-0.4, -0.2) is 24.4 Å². The summed E-state index contributed by atoms with van der Waals surface area (Å²) in [5, 5.41) is 15.3. The summed E-state index contributed by atoms with van der Waals surface area (Å²) >= 11 is 0. The average molecular weight is 318 g/mol. The first-order valence-electron chi connectivity index (χ1n) is 7.89. The summed E-state index contributed by atoms with van der Waals surface area (Å²) < 4.78 is 3.84. The first-order chi connectivity index (χ1) is 11.8. The first kappa shape index (κ1) is 14.7. The van der Waals surface area contributed by atoms with E-state index in [4.69, 9.17) is 5.10 Å². The van der Waals surface area contributed by atoms with E-state index in [1.165, 1.54) is 5.56 Å². The Labute approximate surface area is 139 Å². The quantitative estimate of drug-likeness (QED) is 0.629. The summed E-state index contributed by atoms with van der Waals surface area (Å²) in [6.45, 7) is 0.625. The van der Waals surface area contributed by atoms with E-state index < -0.39 is 0 Å². The lowest BCUT2D eigenvalue weighted by molar-refractivity contribution is 0.267. The Hall–Kier alpha value is -2.92. The van der Waals surface area contributed by atoms with Crippen molar-refractivity contribution in [2.75, 3.05) is 0 Å². The lowest BCUT2D eigenvalue weighted by Crippen LogP contribution is -2.01. The highest BCUT2D eigenvalue weighted by Gasteiger charge is 2.15. The van der Waals surface area contributed by atoms with Gasteiger partial charge in [0.05, 0.1) is 12.1 Å². The van der Waals surface area contributed by atoms with Gasteiger partial charge >= 0.3 is 0 Å². The highest BCUT2D eigenvalue weighted by atomic mass is 16.3. The van der Waals surface area contributed by atoms with Gasteiger partial charge in [-0.1, -0.05) is 48.5 Å². The minimum Gasteiger partial charge on any atom is -0.388 e. The fourth-order valence-corrected chi connectivity index (χ4v) is 2.96. The second-order valence-electron chi connectivity index (χ2n) is 5.82. The van der Waals surface area contributed by atoms with Crippen LogP contribution in [-0.2, 0) is 20.2 Å². The van der Waals surface area contributed by atoms with Crippen molar-refractivity contribution in [2.45, 2.75) is 13.2 Å². The largest absolute Gasteiger partial charge is 0.388 e. The third-order valence-corrected chi connectivity index (χ3v) is 4.19. The first-order valence-corrected chi connectivity index (χ1v) is 7.89. The summed E-state index contributed by atoms with van der Waals surface area (Å²) in [6, 6.07) is 18.4. The molecule has 120 valence electrons. The Morgan fingerprint density at radius 3 is 2.50 bits per heavy atom. The maximum atomic E-state index is 9.38. The molecule has 0 unspecified atom stereocenters. The molecule has 2 aromatic heterocycles. The van der Waals surface area contributed by atoms with Gasteiger partial charge in [-0.25, -0.2) is 4.98 Å². The van der Waals surface area contributed by atoms with Crippen LogP contribution in [0.4, 0.5) is 0 Å². The zero-order valence-corrected chi connectivity index (χ0v) is 13.4. The minimum absolute atomic E-state index is 0.0842. The number of benzene rings is 2. The molecule has 0 aliphatic rings. The smallest absolute Gasteiger partial charge is 0.135 e. The van der Waals surface area contributed by atoms with E-state index in [2.05, 4.69) is 29.2 Å². The maximum absolute atomic E-state index is 9.38. The van der Waals surface area contributed by atoms with Crippen molar-refractivity contribution in [3.63, 3.8) is 0 Å². The average Bonchev–Trinajstić information content (AvgIpc) is 3.17. The molecule has 0 bridgehead atoms. The van der Waals surface area contributed by atoms with Gasteiger partial charge in [0.25, 0.3) is 0 Å². The molecule has 2 heterocycles. The summed E-state index contributed by atoms with van der Waals surface area (Å²) in [5.41, 5.74) is 3.91. The fraction of sp³-hybridized carbons (Fsp3) is 0.158. The van der Waals surface area contributed by atoms with Gasteiger partial charge in [0.1, 0.15) is 23.8 Å². The van der Waals surface area contributed by atoms with Crippen LogP contribution in [0.5, 0.6) is 0 Å². The predicted molar refractivity (Wildman–Crippen MR) is 93.4 cm³/mol. The molecule has 4 rings (SSSR count). The van der Waals surface area contributed by atoms with E-state index in [0.29, 0.717) is 12.4 Å². The molecule has 0 spiro atoms. The number of nitrogens with zero attached hydrogens (tertiary/aromatic N) is 4. The van der Waals surface area contributed by atoms with Gasteiger partial charge in [-0.15, -0.1) is 0 Å². The third-order valence-electron chi connectivity index (χ3n) is 4.19. The van der Waals surface area contributed by atoms with Crippen molar-refractivity contribution in [3.8, 4) is 11.4 Å². The molecule has 5 nitrogen and oxygen atoms in total. The van der Waals surface area contributed by atoms with Crippen LogP contribution < -0.4 is 0 Å². The summed E-state index contributed by atoms with van der Waals surface area (Å²) in [6.07, 6.45) is 1.91. The molecular weight excluding hydrogens is 300 g/mol. The number of fused-ring (bicyclic) bond motifs is 1. The predicted octanol–water partition coefficient (Wildman–Crippen LogP) is 2.98. The SMILES string of the molecule is Cn1cc(-c2nn(Cc3ccccc3)c3ccccc23)nc1CO. The van der Waals surface area contributed by atoms with Gasteiger partial charge in [0.15, 0.2) is 0 Å². The molecular formula is C19H18N4O. The number of aromatic nitrogens is 4. The van der Waals surface area contributed by atoms with Gasteiger partial charge in [0.2, 0.25) is 0 Å². The standard InChI is InChI=1S/C19H18N4O/c1-22-12-16(20-18(22)13-24)19-15-9-5-6-10-17(15)23(21-19)11-14-7-3-2-4-8-14/h2-10,12,24H,11,13H2,1H3. The van der Waals surface area contributed by atoms with Crippen LogP contribution >= 0.6 is 0 Å². The van der Waals surface area contributed by atoms with Crippen molar-refractivity contribution in [1.82, 2.24) is 19.3 Å². The third kappa shape index (κ3) is 2.49. The van der Waals surface area contributed by atoms with Crippen molar-refractivity contribution >= 4 is 10.9 Å². The lowest BCUT2D eigenvalue weighted by Gasteiger charge is -2.03. The molecule has 0 fully saturated rings. The van der Waals surface area contributed by atoms with Crippen LogP contribution in [0.15, 0.2) is 60.8 Å². The molecule has 1 N–H and O–H groups in total. The molecule has 0 aliphatic heterocycles. The molecule has 24 heavy (non-hydrogen) atoms. The Morgan fingerprint density at radius 1 is 1.00 bits per heavy atom. The zero-order valence-electron chi connectivity index (χ0n) is 13.4. The van der Waals surface area contributed by atoms with Gasteiger partial charge in [-0.05, 0) is 11.6 Å². The van der Waals surface area contributed by atoms with E-state index >= 15 is 0 Å². The minimum atomic E-state index is -0.0842. The van der Waals surface area contributed by atoms with E-state index in [9.17, 15) is 5.11 Å². The van der Waals surface area contributed by atoms with Crippen molar-refractivity contribution in [3.05, 3.63) is 72.2 Å². The maximum Gasteiger partial charge on any atom is 0.135 e. The highest BCUT2D eigenvalue weighted by Crippen LogP contribution is 2.27. The summed E-state index contributed by atoms with van der Waals surface area (Å²) in [4.78, 5) is 4.51. The van der Waals surface area contributed by atoms with Crippen molar-refractivity contribution < 1.29 is 5.11 Å². The van der Waals surface area contributed by atoms with Gasteiger partial charge in [-0.3, -0.25) is 4.68 Å². The number of rotatable bonds is 4. The van der Waals surface area contributed by atoms with E-state index in [1.54, 1.807) is 0 Å². The van der Waals surface area contributed by atoms with E-state index in [-0.39, 0.29) is 6.61 Å². The van der Waals surface area contributed by atoms with Gasteiger partial charge in [0, 0.05) is 18.6 Å². The Kier molecular flexibility index (Phi) is 3.63. The number of hydrogen-bond donors (Lipinski definition) is 1. The number of aliphatic hydroxyl groups is 1. The normalized spacial score (nSPS) is 11.2. The van der Waals surface area contributed by atoms with Crippen LogP contribution in [0.1, 0.15) is 11.4 Å². The molecule has 0 aliphatic carbocycles. The lowest BCUT2D eigenvalue weighted by atomic mass is 10.2. The van der Waals surface area contributed by atoms with E-state index in [1.807, 2.05) is 52.8 Å². The molecule has 0 radical (unpaired) electrons. The molecule has 0 atom stereocenters. The number of hydrogen-bond acceptors (Lipinski definition) is 3. The van der Waals surface area contributed by atoms with Crippen LogP contribution in [0, 0.1) is 0 Å². The summed E-state index contributed by atoms with van der Waals surface area (Å²) in [5.74, 6) is 0.631. The van der Waals surface area contributed by atoms with Crippen LogP contribution in [0.25, 0.3) is 22.3 Å². The van der Waals surface area contributed by atoms with Crippen LogP contribution in [0.3, 0.4) is 0 Å². The van der Waals surface area contributed by atoms with Gasteiger partial charge < -0.3 is 9.67 Å². The number of para-hydroxylation sites is 1. The Balaban J connectivity index is 1.84. The van der Waals surface area contributed by atoms with Crippen molar-refractivity contribution in [2.24, 2.45) is 7.05 Å². The molecule has 0 amide bonds. The van der Waals surface area contributed by atoms with Crippen molar-refractivity contribution in [1.29, 1.82) is 0 Å². The number of aliphatic hydroxyl groups excluding tert-OH is 1. The van der Waals surface area contributed by atoms with E-state index in [0.717, 1.165) is 22.3 Å². The monoisotopic (exact) mass is 318 g/mol. The molecule has 5 heteroatoms. The summed E-state index contributed by atoms with van der Waals surface area (Å²) in [7, 11) is 1.88. The molecule has 2 aromatic carbocycles. The molecule has 4 aromatic rings. The Morgan fingerprint density at radius 2 is 1.75 bits per heavy atom. The second kappa shape index (κ2) is 5.94. The zero-order chi connectivity index (χ0) is 16.5. The van der Waals surface area contributed by atoms with Gasteiger partial charge in [-0.2, -0.15) is 5.10 Å². The number of aryl methyl sites for hydroxylation is 1. The number of imidazole rings is 1.